The summed E-state index contributed by atoms with van der Waals surface area (Å²) < 4.78 is 18.8. The second-order valence-corrected chi connectivity index (χ2v) is 6.54. The van der Waals surface area contributed by atoms with Gasteiger partial charge in [-0.1, -0.05) is 0 Å². The van der Waals surface area contributed by atoms with Gasteiger partial charge in [0.2, 0.25) is 5.91 Å². The number of halogens is 1. The molecule has 0 aromatic heterocycles. The van der Waals surface area contributed by atoms with Crippen LogP contribution in [-0.4, -0.2) is 30.2 Å². The van der Waals surface area contributed by atoms with Crippen LogP contribution in [0.2, 0.25) is 0 Å². The fraction of sp³-hybridized carbons (Fsp3) is 0.500. The molecular weight excluding hydrogens is 301 g/mol. The van der Waals surface area contributed by atoms with Gasteiger partial charge in [0.1, 0.15) is 17.5 Å². The summed E-state index contributed by atoms with van der Waals surface area (Å²) in [7, 11) is 0. The Kier molecular flexibility index (Phi) is 4.77. The molecule has 2 amide bonds. The molecule has 0 radical (unpaired) electrons. The number of hydrogen-bond donors (Lipinski definition) is 2. The van der Waals surface area contributed by atoms with Crippen LogP contribution in [0.5, 0.6) is 0 Å². The number of nitrogens with zero attached hydrogens (tertiary/aromatic N) is 1. The van der Waals surface area contributed by atoms with Gasteiger partial charge in [-0.2, -0.15) is 0 Å². The molecule has 126 valence electrons. The summed E-state index contributed by atoms with van der Waals surface area (Å²) in [6, 6.07) is 3.55. The third kappa shape index (κ3) is 4.34. The molecule has 3 N–H and O–H groups in total. The normalized spacial score (nSPS) is 18.7. The van der Waals surface area contributed by atoms with Crippen LogP contribution in [0.4, 0.5) is 20.6 Å². The second kappa shape index (κ2) is 6.44. The lowest BCUT2D eigenvalue weighted by atomic mass is 10.0. The monoisotopic (exact) mass is 323 g/mol. The van der Waals surface area contributed by atoms with Gasteiger partial charge in [0.25, 0.3) is 0 Å². The number of hydrogen-bond acceptors (Lipinski definition) is 4. The van der Waals surface area contributed by atoms with Crippen molar-refractivity contribution in [2.45, 2.75) is 45.3 Å². The number of nitrogens with one attached hydrogen (secondary N) is 1. The van der Waals surface area contributed by atoms with Gasteiger partial charge < -0.3 is 20.7 Å². The molecule has 6 nitrogen and oxygen atoms in total. The van der Waals surface area contributed by atoms with Crippen LogP contribution in [0.1, 0.15) is 33.6 Å². The quantitative estimate of drug-likeness (QED) is 0.819. The van der Waals surface area contributed by atoms with Crippen LogP contribution in [0.15, 0.2) is 18.2 Å². The molecular formula is C16H22FN3O3. The first-order valence-electron chi connectivity index (χ1n) is 7.53. The van der Waals surface area contributed by atoms with E-state index in [9.17, 15) is 14.0 Å². The maximum absolute atomic E-state index is 13.6. The van der Waals surface area contributed by atoms with Crippen LogP contribution in [0, 0.1) is 5.82 Å². The van der Waals surface area contributed by atoms with E-state index >= 15 is 0 Å². The third-order valence-electron chi connectivity index (χ3n) is 3.43. The number of nitrogen functional groups attached to an aromatic ring is 1. The van der Waals surface area contributed by atoms with Crippen molar-refractivity contribution in [1.29, 1.82) is 0 Å². The van der Waals surface area contributed by atoms with Gasteiger partial charge in [0, 0.05) is 12.2 Å². The van der Waals surface area contributed by atoms with Crippen LogP contribution in [0.25, 0.3) is 0 Å². The molecule has 1 heterocycles. The molecule has 2 rings (SSSR count). The molecule has 1 atom stereocenters. The number of carbonyl (C=O) groups excluding carboxylic acids is 2. The number of nitrogens with two attached hydrogens (primary N) is 1. The van der Waals surface area contributed by atoms with Crippen LogP contribution >= 0.6 is 0 Å². The minimum atomic E-state index is -0.681. The maximum Gasteiger partial charge on any atom is 0.408 e. The summed E-state index contributed by atoms with van der Waals surface area (Å²) in [5, 5.41) is 2.58. The van der Waals surface area contributed by atoms with Gasteiger partial charge in [-0.15, -0.1) is 0 Å². The lowest BCUT2D eigenvalue weighted by molar-refractivity contribution is -0.121. The Hall–Kier alpha value is -2.31. The first kappa shape index (κ1) is 17.1. The van der Waals surface area contributed by atoms with E-state index in [1.54, 1.807) is 26.8 Å². The number of alkyl carbamates (subject to hydrolysis) is 1. The largest absolute Gasteiger partial charge is 0.444 e. The molecule has 1 aliphatic heterocycles. The van der Waals surface area contributed by atoms with Crippen LogP contribution in [-0.2, 0) is 9.53 Å². The molecule has 1 aromatic carbocycles. The SMILES string of the molecule is CC(C)(C)OC(=O)NC1CCCN(c2ccc(N)c(F)c2)C1=O. The summed E-state index contributed by atoms with van der Waals surface area (Å²) in [6.45, 7) is 5.71. The smallest absolute Gasteiger partial charge is 0.408 e. The van der Waals surface area contributed by atoms with E-state index in [0.717, 1.165) is 0 Å². The molecule has 0 saturated carbocycles. The minimum Gasteiger partial charge on any atom is -0.444 e. The Morgan fingerprint density at radius 2 is 2.13 bits per heavy atom. The van der Waals surface area contributed by atoms with Crippen molar-refractivity contribution in [3.63, 3.8) is 0 Å². The van der Waals surface area contributed by atoms with Crippen molar-refractivity contribution in [2.24, 2.45) is 0 Å². The number of piperidine rings is 1. The molecule has 0 spiro atoms. The predicted octanol–water partition coefficient (Wildman–Crippen LogP) is 2.43. The van der Waals surface area contributed by atoms with E-state index in [2.05, 4.69) is 5.32 Å². The lowest BCUT2D eigenvalue weighted by Crippen LogP contribution is -2.53. The molecule has 7 heteroatoms. The topological polar surface area (TPSA) is 84.7 Å². The average Bonchev–Trinajstić information content (AvgIpc) is 2.42. The number of ether oxygens (including phenoxy) is 1. The third-order valence-corrected chi connectivity index (χ3v) is 3.43. The molecule has 1 fully saturated rings. The number of carbonyl (C=O) groups is 2. The van der Waals surface area contributed by atoms with Gasteiger partial charge in [-0.05, 0) is 51.8 Å². The summed E-state index contributed by atoms with van der Waals surface area (Å²) in [4.78, 5) is 25.8. The minimum absolute atomic E-state index is 0.0293. The van der Waals surface area contributed by atoms with E-state index in [1.165, 1.54) is 17.0 Å². The zero-order chi connectivity index (χ0) is 17.2. The van der Waals surface area contributed by atoms with Crippen molar-refractivity contribution < 1.29 is 18.7 Å². The summed E-state index contributed by atoms with van der Waals surface area (Å²) >= 11 is 0. The molecule has 1 unspecified atom stereocenters. The highest BCUT2D eigenvalue weighted by molar-refractivity contribution is 5.99. The second-order valence-electron chi connectivity index (χ2n) is 6.54. The van der Waals surface area contributed by atoms with Gasteiger partial charge in [0.15, 0.2) is 0 Å². The zero-order valence-electron chi connectivity index (χ0n) is 13.6. The first-order valence-corrected chi connectivity index (χ1v) is 7.53. The van der Waals surface area contributed by atoms with E-state index in [1.807, 2.05) is 0 Å². The fourth-order valence-corrected chi connectivity index (χ4v) is 2.40. The first-order chi connectivity index (χ1) is 10.7. The molecule has 1 aliphatic rings. The highest BCUT2D eigenvalue weighted by Crippen LogP contribution is 2.24. The van der Waals surface area contributed by atoms with Crippen molar-refractivity contribution in [2.75, 3.05) is 17.2 Å². The van der Waals surface area contributed by atoms with Crippen molar-refractivity contribution >= 4 is 23.4 Å². The van der Waals surface area contributed by atoms with Crippen LogP contribution < -0.4 is 16.0 Å². The highest BCUT2D eigenvalue weighted by Gasteiger charge is 2.32. The molecule has 0 bridgehead atoms. The van der Waals surface area contributed by atoms with Gasteiger partial charge in [0.05, 0.1) is 5.69 Å². The lowest BCUT2D eigenvalue weighted by Gasteiger charge is -2.33. The molecule has 23 heavy (non-hydrogen) atoms. The van der Waals surface area contributed by atoms with E-state index in [-0.39, 0.29) is 11.6 Å². The average molecular weight is 323 g/mol. The number of amides is 2. The number of benzene rings is 1. The number of anilines is 2. The number of rotatable bonds is 2. The van der Waals surface area contributed by atoms with Crippen molar-refractivity contribution in [3.05, 3.63) is 24.0 Å². The highest BCUT2D eigenvalue weighted by atomic mass is 19.1. The molecule has 1 aromatic rings. The van der Waals surface area contributed by atoms with Gasteiger partial charge >= 0.3 is 6.09 Å². The van der Waals surface area contributed by atoms with Gasteiger partial charge in [-0.3, -0.25) is 4.79 Å². The molecule has 0 aliphatic carbocycles. The summed E-state index contributed by atoms with van der Waals surface area (Å²) in [5.41, 5.74) is 5.27. The standard InChI is InChI=1S/C16H22FN3O3/c1-16(2,3)23-15(22)19-13-5-4-8-20(14(13)21)10-6-7-12(18)11(17)9-10/h6-7,9,13H,4-5,8,18H2,1-3H3,(H,19,22). The van der Waals surface area contributed by atoms with Crippen molar-refractivity contribution in [3.8, 4) is 0 Å². The van der Waals surface area contributed by atoms with E-state index in [4.69, 9.17) is 10.5 Å². The van der Waals surface area contributed by atoms with E-state index < -0.39 is 23.6 Å². The maximum atomic E-state index is 13.6. The van der Waals surface area contributed by atoms with Crippen molar-refractivity contribution in [1.82, 2.24) is 5.32 Å². The Balaban J connectivity index is 2.09. The zero-order valence-corrected chi connectivity index (χ0v) is 13.6. The molecule has 1 saturated heterocycles. The summed E-state index contributed by atoms with van der Waals surface area (Å²) in [6.07, 6.45) is 0.575. The Bertz CT molecular complexity index is 613. The summed E-state index contributed by atoms with van der Waals surface area (Å²) in [5.74, 6) is -0.858. The Morgan fingerprint density at radius 3 is 2.74 bits per heavy atom. The van der Waals surface area contributed by atoms with Crippen LogP contribution in [0.3, 0.4) is 0 Å². The predicted molar refractivity (Wildman–Crippen MR) is 85.6 cm³/mol. The van der Waals surface area contributed by atoms with Gasteiger partial charge in [-0.25, -0.2) is 9.18 Å². The van der Waals surface area contributed by atoms with E-state index in [0.29, 0.717) is 25.1 Å². The fourth-order valence-electron chi connectivity index (χ4n) is 2.40. The Morgan fingerprint density at radius 1 is 1.43 bits per heavy atom. The Labute approximate surface area is 134 Å².